The van der Waals surface area contributed by atoms with Crippen LogP contribution in [0.15, 0.2) is 77.7 Å². The highest BCUT2D eigenvalue weighted by atomic mass is 32.2. The van der Waals surface area contributed by atoms with E-state index in [1.165, 1.54) is 62.5 Å². The highest BCUT2D eigenvalue weighted by Crippen LogP contribution is 2.35. The quantitative estimate of drug-likeness (QED) is 0.0280. The second-order valence-electron chi connectivity index (χ2n) is 14.7. The molecule has 4 aromatic carbocycles. The Morgan fingerprint density at radius 2 is 1.48 bits per heavy atom. The number of thioether (sulfide) groups is 1. The number of methoxy groups -OCH3 is 1. The van der Waals surface area contributed by atoms with Crippen LogP contribution in [0.5, 0.6) is 0 Å². The molecule has 4 N–H and O–H groups in total. The van der Waals surface area contributed by atoms with Crippen LogP contribution in [0.4, 0.5) is 39.0 Å². The molecular formula is C45H44F5N7O6S2. The summed E-state index contributed by atoms with van der Waals surface area (Å²) < 4.78 is 70.6. The first-order valence-electron chi connectivity index (χ1n) is 18.9. The maximum atomic E-state index is 14.7. The van der Waals surface area contributed by atoms with Gasteiger partial charge in [0.15, 0.2) is 16.6 Å². The van der Waals surface area contributed by atoms with Crippen molar-refractivity contribution in [2.24, 2.45) is 5.41 Å². The topological polar surface area (TPSA) is 189 Å². The van der Waals surface area contributed by atoms with Crippen molar-refractivity contribution in [2.45, 2.75) is 57.7 Å². The van der Waals surface area contributed by atoms with Gasteiger partial charge >= 0.3 is 12.1 Å². The maximum Gasteiger partial charge on any atom is 0.417 e. The van der Waals surface area contributed by atoms with Crippen molar-refractivity contribution in [3.05, 3.63) is 129 Å². The zero-order valence-electron chi connectivity index (χ0n) is 36.3. The summed E-state index contributed by atoms with van der Waals surface area (Å²) in [6, 6.07) is 17.9. The number of alkyl halides is 3. The summed E-state index contributed by atoms with van der Waals surface area (Å²) in [7, 11) is 4.09. The Bertz CT molecular complexity index is 2570. The molecule has 0 aliphatic heterocycles. The smallest absolute Gasteiger partial charge is 0.417 e. The van der Waals surface area contributed by atoms with E-state index in [1.54, 1.807) is 64.3 Å². The monoisotopic (exact) mass is 937 g/mol. The molecule has 0 unspecified atom stereocenters. The first-order chi connectivity index (χ1) is 30.4. The molecule has 4 aromatic rings. The van der Waals surface area contributed by atoms with Gasteiger partial charge in [-0.1, -0.05) is 26.0 Å². The van der Waals surface area contributed by atoms with Gasteiger partial charge in [-0.15, -0.1) is 0 Å². The average molecular weight is 938 g/mol. The lowest BCUT2D eigenvalue weighted by atomic mass is 9.82. The molecule has 65 heavy (non-hydrogen) atoms. The number of ether oxygens (including phenoxy) is 1. The van der Waals surface area contributed by atoms with Crippen LogP contribution in [0.3, 0.4) is 0 Å². The maximum absolute atomic E-state index is 14.7. The number of ketones is 1. The van der Waals surface area contributed by atoms with Gasteiger partial charge in [0.1, 0.15) is 29.2 Å². The molecular weight excluding hydrogens is 894 g/mol. The number of hydrogen-bond donors (Lipinski definition) is 4. The Morgan fingerprint density at radius 3 is 1.94 bits per heavy atom. The molecule has 0 saturated heterocycles. The van der Waals surface area contributed by atoms with Gasteiger partial charge in [0, 0.05) is 35.8 Å². The molecule has 0 spiro atoms. The number of carbonyl (C=O) groups is 4. The second kappa shape index (κ2) is 23.7. The number of anilines is 2. The first kappa shape index (κ1) is 54.2. The number of nitrogens with zero attached hydrogens (tertiary/aromatic N) is 4. The van der Waals surface area contributed by atoms with Crippen molar-refractivity contribution in [2.75, 3.05) is 38.0 Å². The van der Waals surface area contributed by atoms with Gasteiger partial charge in [0.25, 0.3) is 11.8 Å². The van der Waals surface area contributed by atoms with Crippen LogP contribution in [0.1, 0.15) is 70.7 Å². The van der Waals surface area contributed by atoms with Crippen LogP contribution in [-0.4, -0.2) is 67.1 Å². The van der Waals surface area contributed by atoms with Gasteiger partial charge in [0.2, 0.25) is 0 Å². The summed E-state index contributed by atoms with van der Waals surface area (Å²) in [6.45, 7) is 15.0. The van der Waals surface area contributed by atoms with Gasteiger partial charge in [0.05, 0.1) is 42.0 Å². The van der Waals surface area contributed by atoms with Crippen molar-refractivity contribution in [1.29, 1.82) is 10.5 Å². The minimum Gasteiger partial charge on any atom is -0.467 e. The molecule has 2 amide bonds. The molecule has 0 bridgehead atoms. The van der Waals surface area contributed by atoms with Crippen molar-refractivity contribution in [1.82, 2.24) is 10.6 Å². The number of aryl methyl sites for hydroxylation is 1. The number of hydrogen-bond acceptors (Lipinski definition) is 10. The standard InChI is InChI=1S/C22H23FN4O3S.C14H18FNO3.C9H3F3N2S/c1-13-11-14(7-10-18(13)24-4)26-21(31)27(22(2,3)20(29)30-6)15-8-9-16(17(23)12-15)19(28)25-5;1-14(2,12(18)8-17)7-9-4-5-10(11(15)6-9)13(19)16-3;10-9(11,12)8-3-7(15-5-14)2-1-6(8)4-13/h7-12H,1-3,5-6H3,(H,25,28)(H,26,31);4-6,17H,7-8H2,1-3H3,(H,16,19);1-3H. The number of aliphatic hydroxyl groups is 1. The number of aliphatic hydroxyl groups excluding tert-OH is 1. The molecule has 4 rings (SSSR count). The Balaban J connectivity index is 0.000000364. The number of Topliss-reactive ketones (excluding diaryl/α,β-unsaturated/α-hetero) is 1. The summed E-state index contributed by atoms with van der Waals surface area (Å²) in [5, 5.41) is 35.2. The van der Waals surface area contributed by atoms with E-state index in [0.717, 1.165) is 23.8 Å². The molecule has 0 aliphatic carbocycles. The minimum absolute atomic E-state index is 0.0301. The Labute approximate surface area is 382 Å². The van der Waals surface area contributed by atoms with Crippen molar-refractivity contribution < 1.29 is 51.0 Å². The van der Waals surface area contributed by atoms with E-state index in [4.69, 9.17) is 39.2 Å². The predicted octanol–water partition coefficient (Wildman–Crippen LogP) is 8.67. The van der Waals surface area contributed by atoms with E-state index in [2.05, 4.69) is 20.8 Å². The number of amides is 2. The van der Waals surface area contributed by atoms with Crippen molar-refractivity contribution in [3.8, 4) is 11.5 Å². The molecule has 0 radical (unpaired) electrons. The number of benzene rings is 4. The van der Waals surface area contributed by atoms with E-state index >= 15 is 0 Å². The predicted molar refractivity (Wildman–Crippen MR) is 239 cm³/mol. The van der Waals surface area contributed by atoms with Crippen LogP contribution in [0.2, 0.25) is 0 Å². The fourth-order valence-corrected chi connectivity index (χ4v) is 6.69. The fourth-order valence-electron chi connectivity index (χ4n) is 5.82. The molecule has 0 aliphatic rings. The van der Waals surface area contributed by atoms with Crippen LogP contribution >= 0.6 is 24.0 Å². The number of thiocyanates is 1. The number of carbonyl (C=O) groups excluding carboxylic acids is 4. The largest absolute Gasteiger partial charge is 0.467 e. The van der Waals surface area contributed by atoms with E-state index in [0.29, 0.717) is 35.1 Å². The molecule has 20 heteroatoms. The van der Waals surface area contributed by atoms with Gasteiger partial charge in [-0.05, 0) is 123 Å². The lowest BCUT2D eigenvalue weighted by Gasteiger charge is -2.38. The van der Waals surface area contributed by atoms with E-state index in [-0.39, 0.29) is 32.6 Å². The number of thiocarbonyl (C=S) groups is 1. The molecule has 0 saturated carbocycles. The summed E-state index contributed by atoms with van der Waals surface area (Å²) in [4.78, 5) is 52.2. The van der Waals surface area contributed by atoms with Gasteiger partial charge in [-0.25, -0.2) is 18.4 Å². The zero-order chi connectivity index (χ0) is 49.4. The second-order valence-corrected chi connectivity index (χ2v) is 16.0. The minimum atomic E-state index is -4.57. The van der Waals surface area contributed by atoms with Gasteiger partial charge < -0.3 is 30.7 Å². The number of rotatable bonds is 11. The highest BCUT2D eigenvalue weighted by molar-refractivity contribution is 8.03. The molecule has 0 atom stereocenters. The number of nitriles is 2. The van der Waals surface area contributed by atoms with Crippen LogP contribution in [0.25, 0.3) is 4.85 Å². The number of esters is 1. The summed E-state index contributed by atoms with van der Waals surface area (Å²) >= 11 is 6.18. The van der Waals surface area contributed by atoms with Crippen LogP contribution < -0.4 is 20.9 Å². The summed E-state index contributed by atoms with van der Waals surface area (Å²) in [5.74, 6) is -3.34. The molecule has 0 fully saturated rings. The van der Waals surface area contributed by atoms with Crippen molar-refractivity contribution in [3.63, 3.8) is 0 Å². The fraction of sp³-hybridized carbons (Fsp3) is 0.289. The highest BCUT2D eigenvalue weighted by Gasteiger charge is 2.39. The summed E-state index contributed by atoms with van der Waals surface area (Å²) in [5.41, 5.74) is -0.954. The first-order valence-corrected chi connectivity index (χ1v) is 20.1. The third kappa shape index (κ3) is 14.6. The Morgan fingerprint density at radius 1 is 0.892 bits per heavy atom. The molecule has 342 valence electrons. The number of nitrogens with one attached hydrogen (secondary N) is 3. The normalized spacial score (nSPS) is 10.8. The third-order valence-electron chi connectivity index (χ3n) is 9.33. The van der Waals surface area contributed by atoms with Crippen LogP contribution in [0, 0.1) is 52.5 Å². The molecule has 0 heterocycles. The Hall–Kier alpha value is -6.92. The Kier molecular flexibility index (Phi) is 19.7. The number of halogens is 5. The van der Waals surface area contributed by atoms with E-state index in [9.17, 15) is 41.1 Å². The van der Waals surface area contributed by atoms with E-state index in [1.807, 2.05) is 0 Å². The molecule has 13 nitrogen and oxygen atoms in total. The average Bonchev–Trinajstić information content (AvgIpc) is 3.25. The summed E-state index contributed by atoms with van der Waals surface area (Å²) in [6.07, 6.45) is -4.27. The SMILES string of the molecule is CNC(=O)c1ccc(CC(C)(C)C(=O)CO)cc1F.N#CSc1ccc(C#N)c(C(F)(F)F)c1.[C-]#[N+]c1ccc(NC(=S)N(c2ccc(C(=O)NC)c(F)c2)C(C)(C)C(=O)OC)cc1C. The van der Waals surface area contributed by atoms with Crippen molar-refractivity contribution >= 4 is 69.7 Å². The van der Waals surface area contributed by atoms with Gasteiger partial charge in [-0.3, -0.25) is 14.4 Å². The lowest BCUT2D eigenvalue weighted by molar-refractivity contribution is -0.145. The van der Waals surface area contributed by atoms with Crippen LogP contribution in [-0.2, 0) is 26.9 Å². The zero-order valence-corrected chi connectivity index (χ0v) is 38.0. The molecule has 0 aromatic heterocycles. The van der Waals surface area contributed by atoms with Gasteiger partial charge in [-0.2, -0.15) is 23.7 Å². The third-order valence-corrected chi connectivity index (χ3v) is 10.2. The lowest BCUT2D eigenvalue weighted by Crippen LogP contribution is -2.55. The van der Waals surface area contributed by atoms with E-state index < -0.39 is 64.3 Å².